The van der Waals surface area contributed by atoms with Gasteiger partial charge < -0.3 is 10.6 Å². The van der Waals surface area contributed by atoms with Crippen molar-refractivity contribution >= 4 is 11.6 Å². The van der Waals surface area contributed by atoms with Gasteiger partial charge >= 0.3 is 0 Å². The highest BCUT2D eigenvalue weighted by molar-refractivity contribution is 5.91. The van der Waals surface area contributed by atoms with E-state index in [-0.39, 0.29) is 35.7 Å². The normalized spacial score (nSPS) is 38.1. The lowest BCUT2D eigenvalue weighted by atomic mass is 9.93. The van der Waals surface area contributed by atoms with E-state index in [1.807, 2.05) is 20.8 Å². The summed E-state index contributed by atoms with van der Waals surface area (Å²) in [5, 5.41) is 6.54. The van der Waals surface area contributed by atoms with E-state index in [9.17, 15) is 9.59 Å². The molecule has 3 rings (SSSR count). The molecule has 1 saturated carbocycles. The van der Waals surface area contributed by atoms with E-state index < -0.39 is 0 Å². The largest absolute Gasteiger partial charge is 0.301 e. The van der Waals surface area contributed by atoms with Gasteiger partial charge in [0.15, 0.2) is 11.6 Å². The van der Waals surface area contributed by atoms with Gasteiger partial charge in [-0.05, 0) is 25.2 Å². The predicted octanol–water partition coefficient (Wildman–Crippen LogP) is 0.898. The van der Waals surface area contributed by atoms with Crippen LogP contribution < -0.4 is 10.6 Å². The molecule has 3 fully saturated rings. The van der Waals surface area contributed by atoms with Gasteiger partial charge in [-0.15, -0.1) is 0 Å². The topological polar surface area (TPSA) is 78.0 Å². The molecule has 2 heterocycles. The average molecular weight is 264 g/mol. The minimum absolute atomic E-state index is 0.00152. The minimum Gasteiger partial charge on any atom is -0.301 e. The van der Waals surface area contributed by atoms with E-state index >= 15 is 0 Å². The Morgan fingerprint density at radius 2 is 1.74 bits per heavy atom. The first kappa shape index (κ1) is 13.3. The summed E-state index contributed by atoms with van der Waals surface area (Å²) in [4.78, 5) is 24.0. The van der Waals surface area contributed by atoms with Crippen LogP contribution in [0.3, 0.4) is 0 Å². The van der Waals surface area contributed by atoms with Crippen LogP contribution in [0.25, 0.3) is 0 Å². The second-order valence-electron chi connectivity index (χ2n) is 6.85. The van der Waals surface area contributed by atoms with E-state index in [0.29, 0.717) is 11.8 Å². The molecule has 19 heavy (non-hydrogen) atoms. The predicted molar refractivity (Wildman–Crippen MR) is 72.8 cm³/mol. The molecular formula is C15H24N2O2. The van der Waals surface area contributed by atoms with Crippen LogP contribution in [0, 0.1) is 17.8 Å². The van der Waals surface area contributed by atoms with E-state index in [2.05, 4.69) is 10.6 Å². The smallest absolute Gasteiger partial charge is 0.154 e. The zero-order valence-electron chi connectivity index (χ0n) is 12.0. The van der Waals surface area contributed by atoms with Gasteiger partial charge in [0.25, 0.3) is 0 Å². The fourth-order valence-corrected chi connectivity index (χ4v) is 3.10. The summed E-state index contributed by atoms with van der Waals surface area (Å²) < 4.78 is 0. The van der Waals surface area contributed by atoms with Gasteiger partial charge in [-0.1, -0.05) is 20.8 Å². The van der Waals surface area contributed by atoms with Gasteiger partial charge in [0.05, 0.1) is 12.1 Å². The highest BCUT2D eigenvalue weighted by Gasteiger charge is 2.52. The summed E-state index contributed by atoms with van der Waals surface area (Å²) in [5.74, 6) is 1.53. The van der Waals surface area contributed by atoms with Crippen molar-refractivity contribution in [1.29, 1.82) is 0 Å². The molecule has 1 aliphatic carbocycles. The van der Waals surface area contributed by atoms with Crippen LogP contribution in [-0.4, -0.2) is 35.7 Å². The fraction of sp³-hybridized carbons (Fsp3) is 0.867. The molecule has 0 radical (unpaired) electrons. The maximum Gasteiger partial charge on any atom is 0.154 e. The summed E-state index contributed by atoms with van der Waals surface area (Å²) in [7, 11) is 0. The molecule has 0 aromatic heterocycles. The maximum absolute atomic E-state index is 12.2. The summed E-state index contributed by atoms with van der Waals surface area (Å²) in [6, 6.07) is 0.810. The zero-order valence-corrected chi connectivity index (χ0v) is 12.0. The molecule has 4 nitrogen and oxygen atoms in total. The molecule has 2 aliphatic heterocycles. The number of hydrogen-bond acceptors (Lipinski definition) is 4. The van der Waals surface area contributed by atoms with Crippen molar-refractivity contribution in [1.82, 2.24) is 10.6 Å². The SMILES string of the molecule is CC(C)C(=O)[C@@H]1NC1CC(C)C(=O)[C@@H]1N[C@H]1C1CC1. The number of rotatable bonds is 7. The van der Waals surface area contributed by atoms with Crippen molar-refractivity contribution in [2.45, 2.75) is 64.2 Å². The Morgan fingerprint density at radius 1 is 1.05 bits per heavy atom. The van der Waals surface area contributed by atoms with Crippen molar-refractivity contribution < 1.29 is 9.59 Å². The van der Waals surface area contributed by atoms with Gasteiger partial charge in [0.2, 0.25) is 0 Å². The molecule has 0 aromatic rings. The quantitative estimate of drug-likeness (QED) is 0.670. The van der Waals surface area contributed by atoms with E-state index in [0.717, 1.165) is 12.3 Å². The Morgan fingerprint density at radius 3 is 2.32 bits per heavy atom. The monoisotopic (exact) mass is 264 g/mol. The van der Waals surface area contributed by atoms with Crippen LogP contribution in [-0.2, 0) is 9.59 Å². The molecule has 0 bridgehead atoms. The number of carbonyl (C=O) groups excluding carboxylic acids is 2. The lowest BCUT2D eigenvalue weighted by Crippen LogP contribution is -2.23. The molecule has 0 amide bonds. The highest BCUT2D eigenvalue weighted by Crippen LogP contribution is 2.40. The first-order valence-corrected chi connectivity index (χ1v) is 7.58. The van der Waals surface area contributed by atoms with Crippen LogP contribution in [0.15, 0.2) is 0 Å². The zero-order chi connectivity index (χ0) is 13.7. The Balaban J connectivity index is 1.43. The van der Waals surface area contributed by atoms with Gasteiger partial charge in [0.1, 0.15) is 0 Å². The standard InChI is InChI=1S/C15H24N2O2/c1-7(2)14(18)12-10(16-12)6-8(3)15(19)13-11(17-13)9-4-5-9/h7-13,16-17H,4-6H2,1-3H3/t8?,10?,11-,12+,13+/m0/s1. The van der Waals surface area contributed by atoms with Crippen LogP contribution in [0.2, 0.25) is 0 Å². The number of carbonyl (C=O) groups is 2. The van der Waals surface area contributed by atoms with Crippen molar-refractivity contribution in [2.24, 2.45) is 17.8 Å². The highest BCUT2D eigenvalue weighted by atomic mass is 16.1. The van der Waals surface area contributed by atoms with Gasteiger partial charge in [-0.2, -0.15) is 0 Å². The van der Waals surface area contributed by atoms with Crippen LogP contribution >= 0.6 is 0 Å². The molecule has 106 valence electrons. The molecule has 2 saturated heterocycles. The second kappa shape index (κ2) is 4.67. The molecule has 0 spiro atoms. The van der Waals surface area contributed by atoms with Crippen molar-refractivity contribution in [2.75, 3.05) is 0 Å². The number of hydrogen-bond donors (Lipinski definition) is 2. The van der Waals surface area contributed by atoms with Gasteiger partial charge in [-0.3, -0.25) is 9.59 Å². The number of ketones is 2. The van der Waals surface area contributed by atoms with E-state index in [1.165, 1.54) is 12.8 Å². The Bertz CT molecular complexity index is 403. The maximum atomic E-state index is 12.2. The van der Waals surface area contributed by atoms with Crippen LogP contribution in [0.4, 0.5) is 0 Å². The van der Waals surface area contributed by atoms with Gasteiger partial charge in [0, 0.05) is 23.9 Å². The van der Waals surface area contributed by atoms with E-state index in [1.54, 1.807) is 0 Å². The third-order valence-corrected chi connectivity index (χ3v) is 4.71. The van der Waals surface area contributed by atoms with E-state index in [4.69, 9.17) is 0 Å². The Labute approximate surface area is 114 Å². The first-order chi connectivity index (χ1) is 8.99. The van der Waals surface area contributed by atoms with Crippen molar-refractivity contribution in [3.05, 3.63) is 0 Å². The van der Waals surface area contributed by atoms with Crippen LogP contribution in [0.5, 0.6) is 0 Å². The molecule has 3 aliphatic rings. The third kappa shape index (κ3) is 2.75. The summed E-state index contributed by atoms with van der Waals surface area (Å²) >= 11 is 0. The summed E-state index contributed by atoms with van der Waals surface area (Å²) in [6.07, 6.45) is 3.37. The van der Waals surface area contributed by atoms with Crippen molar-refractivity contribution in [3.8, 4) is 0 Å². The molecule has 2 N–H and O–H groups in total. The summed E-state index contributed by atoms with van der Waals surface area (Å²) in [5.41, 5.74) is 0. The summed E-state index contributed by atoms with van der Waals surface area (Å²) in [6.45, 7) is 5.87. The lowest BCUT2D eigenvalue weighted by molar-refractivity contribution is -0.123. The number of Topliss-reactive ketones (excluding diaryl/α,β-unsaturated/α-hetero) is 2. The van der Waals surface area contributed by atoms with Crippen LogP contribution in [0.1, 0.15) is 40.0 Å². The molecular weight excluding hydrogens is 240 g/mol. The lowest BCUT2D eigenvalue weighted by Gasteiger charge is -2.08. The minimum atomic E-state index is 0.00152. The Kier molecular flexibility index (Phi) is 3.26. The number of nitrogens with one attached hydrogen (secondary N) is 2. The molecule has 0 aromatic carbocycles. The third-order valence-electron chi connectivity index (χ3n) is 4.71. The average Bonchev–Trinajstić information content (AvgIpc) is 3.22. The van der Waals surface area contributed by atoms with Crippen molar-refractivity contribution in [3.63, 3.8) is 0 Å². The molecule has 2 unspecified atom stereocenters. The molecule has 5 atom stereocenters. The second-order valence-corrected chi connectivity index (χ2v) is 6.85. The first-order valence-electron chi connectivity index (χ1n) is 7.58. The van der Waals surface area contributed by atoms with Gasteiger partial charge in [-0.25, -0.2) is 0 Å². The molecule has 4 heteroatoms. The Hall–Kier alpha value is -0.740. The fourth-order valence-electron chi connectivity index (χ4n) is 3.10.